The first-order valence-electron chi connectivity index (χ1n) is 4.09. The Bertz CT molecular complexity index is 221. The Balaban J connectivity index is 4.03. The van der Waals surface area contributed by atoms with Gasteiger partial charge in [0.25, 0.3) is 0 Å². The lowest BCUT2D eigenvalue weighted by Gasteiger charge is -2.16. The average Bonchev–Trinajstić information content (AvgIpc) is 1.98. The van der Waals surface area contributed by atoms with E-state index in [-0.39, 0.29) is 5.91 Å². The van der Waals surface area contributed by atoms with Crippen molar-refractivity contribution in [2.75, 3.05) is 13.6 Å². The Hall–Kier alpha value is -1.32. The molecule has 0 aromatic carbocycles. The molecule has 0 fully saturated rings. The Morgan fingerprint density at radius 3 is 2.31 bits per heavy atom. The maximum atomic E-state index is 11.2. The first-order valence-corrected chi connectivity index (χ1v) is 4.09. The number of carboxylic acids is 1. The number of amides is 1. The van der Waals surface area contributed by atoms with Gasteiger partial charge in [-0.3, -0.25) is 4.79 Å². The van der Waals surface area contributed by atoms with Crippen LogP contribution in [0.3, 0.4) is 0 Å². The summed E-state index contributed by atoms with van der Waals surface area (Å²) < 4.78 is 0. The number of aliphatic carboxylic acids is 1. The summed E-state index contributed by atoms with van der Waals surface area (Å²) in [5.41, 5.74) is 0. The minimum absolute atomic E-state index is 0.281. The summed E-state index contributed by atoms with van der Waals surface area (Å²) in [6.45, 7) is 4.61. The molecular weight excluding hydrogens is 170 g/mol. The summed E-state index contributed by atoms with van der Waals surface area (Å²) in [5.74, 6) is -1.01. The van der Waals surface area contributed by atoms with Gasteiger partial charge in [0.05, 0.1) is 0 Å². The van der Waals surface area contributed by atoms with Crippen molar-refractivity contribution < 1.29 is 14.7 Å². The van der Waals surface area contributed by atoms with Crippen LogP contribution in [0.15, 0.2) is 12.2 Å². The molecule has 0 atom stereocenters. The molecule has 1 N–H and O–H groups in total. The number of likely N-dealkylation sites (N-methyl/N-ethyl adjacent to an activating group) is 1. The maximum absolute atomic E-state index is 11.2. The summed E-state index contributed by atoms with van der Waals surface area (Å²) in [5, 5.41) is 8.27. The lowest BCUT2D eigenvalue weighted by atomic mass is 10.2. The molecule has 0 saturated heterocycles. The number of rotatable bonds is 4. The van der Waals surface area contributed by atoms with Gasteiger partial charge < -0.3 is 10.0 Å². The molecular formula is C9H15NO3. The van der Waals surface area contributed by atoms with Crippen molar-refractivity contribution in [3.8, 4) is 0 Å². The van der Waals surface area contributed by atoms with Gasteiger partial charge in [0, 0.05) is 25.7 Å². The van der Waals surface area contributed by atoms with Crippen LogP contribution in [0.25, 0.3) is 0 Å². The molecule has 0 radical (unpaired) electrons. The second-order valence-corrected chi connectivity index (χ2v) is 3.28. The fraction of sp³-hybridized carbons (Fsp3) is 0.556. The highest BCUT2D eigenvalue weighted by atomic mass is 16.4. The highest BCUT2D eigenvalue weighted by molar-refractivity contribution is 5.93. The van der Waals surface area contributed by atoms with Crippen LogP contribution in [0.4, 0.5) is 0 Å². The van der Waals surface area contributed by atoms with Crippen LogP contribution in [-0.4, -0.2) is 35.5 Å². The minimum Gasteiger partial charge on any atom is -0.478 e. The van der Waals surface area contributed by atoms with Crippen LogP contribution in [-0.2, 0) is 9.59 Å². The van der Waals surface area contributed by atoms with Gasteiger partial charge in [-0.2, -0.15) is 0 Å². The van der Waals surface area contributed by atoms with Crippen molar-refractivity contribution in [3.63, 3.8) is 0 Å². The van der Waals surface area contributed by atoms with E-state index in [1.807, 2.05) is 13.8 Å². The molecule has 4 heteroatoms. The summed E-state index contributed by atoms with van der Waals surface area (Å²) >= 11 is 0. The molecule has 0 aromatic rings. The molecule has 0 heterocycles. The molecule has 1 amide bonds. The third-order valence-corrected chi connectivity index (χ3v) is 1.38. The number of carboxylic acid groups (broad SMARTS) is 1. The third kappa shape index (κ3) is 5.90. The lowest BCUT2D eigenvalue weighted by Crippen LogP contribution is -2.28. The van der Waals surface area contributed by atoms with Crippen LogP contribution in [0.2, 0.25) is 0 Å². The predicted molar refractivity (Wildman–Crippen MR) is 49.3 cm³/mol. The van der Waals surface area contributed by atoms with Crippen LogP contribution in [0, 0.1) is 5.92 Å². The zero-order chi connectivity index (χ0) is 10.4. The van der Waals surface area contributed by atoms with Crippen molar-refractivity contribution in [2.45, 2.75) is 13.8 Å². The zero-order valence-corrected chi connectivity index (χ0v) is 8.15. The molecule has 0 rings (SSSR count). The maximum Gasteiger partial charge on any atom is 0.328 e. The van der Waals surface area contributed by atoms with Gasteiger partial charge in [-0.05, 0) is 5.92 Å². The molecule has 0 aromatic heterocycles. The van der Waals surface area contributed by atoms with Crippen LogP contribution in [0.5, 0.6) is 0 Å². The van der Waals surface area contributed by atoms with Crippen LogP contribution < -0.4 is 0 Å². The van der Waals surface area contributed by atoms with Gasteiger partial charge in [-0.25, -0.2) is 4.79 Å². The number of nitrogens with zero attached hydrogens (tertiary/aromatic N) is 1. The van der Waals surface area contributed by atoms with Crippen molar-refractivity contribution in [1.82, 2.24) is 4.90 Å². The molecule has 0 unspecified atom stereocenters. The molecule has 0 aliphatic rings. The molecule has 0 aliphatic heterocycles. The van der Waals surface area contributed by atoms with E-state index in [0.29, 0.717) is 12.5 Å². The SMILES string of the molecule is CC(C)CN(C)C(=O)/C=C/C(=O)O. The first-order chi connectivity index (χ1) is 5.93. The summed E-state index contributed by atoms with van der Waals surface area (Å²) in [6.07, 6.45) is 1.91. The standard InChI is InChI=1S/C9H15NO3/c1-7(2)6-10(3)8(11)4-5-9(12)13/h4-5,7H,6H2,1-3H3,(H,12,13)/b5-4+. The fourth-order valence-corrected chi connectivity index (χ4v) is 0.908. The van der Waals surface area contributed by atoms with E-state index in [1.54, 1.807) is 7.05 Å². The van der Waals surface area contributed by atoms with E-state index < -0.39 is 5.97 Å². The molecule has 4 nitrogen and oxygen atoms in total. The van der Waals surface area contributed by atoms with E-state index in [2.05, 4.69) is 0 Å². The third-order valence-electron chi connectivity index (χ3n) is 1.38. The van der Waals surface area contributed by atoms with Crippen molar-refractivity contribution in [1.29, 1.82) is 0 Å². The van der Waals surface area contributed by atoms with Crippen molar-refractivity contribution >= 4 is 11.9 Å². The number of carbonyl (C=O) groups is 2. The Kier molecular flexibility index (Phi) is 4.80. The van der Waals surface area contributed by atoms with Gasteiger partial charge in [0.15, 0.2) is 0 Å². The van der Waals surface area contributed by atoms with Gasteiger partial charge >= 0.3 is 5.97 Å². The molecule has 0 bridgehead atoms. The van der Waals surface area contributed by atoms with Gasteiger partial charge in [-0.1, -0.05) is 13.8 Å². The zero-order valence-electron chi connectivity index (χ0n) is 8.15. The van der Waals surface area contributed by atoms with E-state index in [4.69, 9.17) is 5.11 Å². The predicted octanol–water partition coefficient (Wildman–Crippen LogP) is 0.742. The normalized spacial score (nSPS) is 10.8. The fourth-order valence-electron chi connectivity index (χ4n) is 0.908. The van der Waals surface area contributed by atoms with Crippen molar-refractivity contribution in [3.05, 3.63) is 12.2 Å². The van der Waals surface area contributed by atoms with E-state index >= 15 is 0 Å². The largest absolute Gasteiger partial charge is 0.478 e. The van der Waals surface area contributed by atoms with E-state index in [1.165, 1.54) is 4.90 Å². The highest BCUT2D eigenvalue weighted by Gasteiger charge is 2.06. The smallest absolute Gasteiger partial charge is 0.328 e. The highest BCUT2D eigenvalue weighted by Crippen LogP contribution is 1.96. The molecule has 74 valence electrons. The van der Waals surface area contributed by atoms with Crippen molar-refractivity contribution in [2.24, 2.45) is 5.92 Å². The first kappa shape index (κ1) is 11.7. The summed E-state index contributed by atoms with van der Waals surface area (Å²) in [4.78, 5) is 22.7. The molecule has 13 heavy (non-hydrogen) atoms. The number of hydrogen-bond donors (Lipinski definition) is 1. The topological polar surface area (TPSA) is 57.6 Å². The van der Waals surface area contributed by atoms with Crippen LogP contribution >= 0.6 is 0 Å². The van der Waals surface area contributed by atoms with Gasteiger partial charge in [-0.15, -0.1) is 0 Å². The molecule has 0 aliphatic carbocycles. The Labute approximate surface area is 77.8 Å². The summed E-state index contributed by atoms with van der Waals surface area (Å²) in [7, 11) is 1.65. The Morgan fingerprint density at radius 2 is 1.92 bits per heavy atom. The van der Waals surface area contributed by atoms with Gasteiger partial charge in [0.2, 0.25) is 5.91 Å². The second kappa shape index (κ2) is 5.35. The quantitative estimate of drug-likeness (QED) is 0.657. The van der Waals surface area contributed by atoms with E-state index in [0.717, 1.165) is 12.2 Å². The Morgan fingerprint density at radius 1 is 1.38 bits per heavy atom. The molecule has 0 saturated carbocycles. The average molecular weight is 185 g/mol. The number of carbonyl (C=O) groups excluding carboxylic acids is 1. The monoisotopic (exact) mass is 185 g/mol. The second-order valence-electron chi connectivity index (χ2n) is 3.28. The summed E-state index contributed by atoms with van der Waals surface area (Å²) in [6, 6.07) is 0. The van der Waals surface area contributed by atoms with Gasteiger partial charge in [0.1, 0.15) is 0 Å². The number of hydrogen-bond acceptors (Lipinski definition) is 2. The minimum atomic E-state index is -1.11. The van der Waals surface area contributed by atoms with Crippen LogP contribution in [0.1, 0.15) is 13.8 Å². The van der Waals surface area contributed by atoms with E-state index in [9.17, 15) is 9.59 Å². The lowest BCUT2D eigenvalue weighted by molar-refractivity contribution is -0.132. The molecule has 0 spiro atoms.